The fourth-order valence-electron chi connectivity index (χ4n) is 2.26. The highest BCUT2D eigenvalue weighted by molar-refractivity contribution is 6.07. The molecule has 0 amide bonds. The number of ether oxygens (including phenoxy) is 2. The Labute approximate surface area is 132 Å². The van der Waals surface area contributed by atoms with Crippen molar-refractivity contribution < 1.29 is 18.7 Å². The van der Waals surface area contributed by atoms with Gasteiger partial charge in [-0.2, -0.15) is 0 Å². The number of rotatable bonds is 4. The zero-order valence-electron chi connectivity index (χ0n) is 12.5. The van der Waals surface area contributed by atoms with Gasteiger partial charge in [0.25, 0.3) is 0 Å². The number of cyclic esters (lactones) is 1. The molecule has 0 bridgehead atoms. The molecule has 23 heavy (non-hydrogen) atoms. The van der Waals surface area contributed by atoms with E-state index in [9.17, 15) is 9.18 Å². The summed E-state index contributed by atoms with van der Waals surface area (Å²) in [6, 6.07) is 13.6. The minimum absolute atomic E-state index is 0.125. The zero-order valence-corrected chi connectivity index (χ0v) is 12.5. The molecule has 2 aromatic rings. The Morgan fingerprint density at radius 3 is 2.74 bits per heavy atom. The molecule has 3 rings (SSSR count). The van der Waals surface area contributed by atoms with Crippen LogP contribution in [0.2, 0.25) is 0 Å². The van der Waals surface area contributed by atoms with E-state index in [2.05, 4.69) is 4.99 Å². The van der Waals surface area contributed by atoms with Gasteiger partial charge < -0.3 is 9.47 Å². The van der Waals surface area contributed by atoms with Crippen molar-refractivity contribution in [1.82, 2.24) is 0 Å². The fraction of sp³-hybridized carbons (Fsp3) is 0.111. The summed E-state index contributed by atoms with van der Waals surface area (Å²) in [4.78, 5) is 16.1. The van der Waals surface area contributed by atoms with Crippen LogP contribution in [0.4, 0.5) is 4.39 Å². The topological polar surface area (TPSA) is 47.9 Å². The third-order valence-electron chi connectivity index (χ3n) is 3.35. The second-order valence-corrected chi connectivity index (χ2v) is 4.97. The van der Waals surface area contributed by atoms with Crippen LogP contribution in [0.25, 0.3) is 6.08 Å². The van der Waals surface area contributed by atoms with Gasteiger partial charge in [-0.25, -0.2) is 14.2 Å². The van der Waals surface area contributed by atoms with E-state index in [1.807, 2.05) is 30.3 Å². The maximum Gasteiger partial charge on any atom is 0.363 e. The van der Waals surface area contributed by atoms with Crippen LogP contribution in [0, 0.1) is 5.82 Å². The number of aliphatic imine (C=N–C) groups is 1. The summed E-state index contributed by atoms with van der Waals surface area (Å²) in [5.41, 5.74) is 1.55. The van der Waals surface area contributed by atoms with E-state index in [4.69, 9.17) is 9.47 Å². The molecule has 1 heterocycles. The largest absolute Gasteiger partial charge is 0.496 e. The molecule has 0 spiro atoms. The number of esters is 1. The monoisotopic (exact) mass is 311 g/mol. The van der Waals surface area contributed by atoms with Crippen LogP contribution in [0.1, 0.15) is 11.1 Å². The molecule has 0 fully saturated rings. The predicted molar refractivity (Wildman–Crippen MR) is 84.6 cm³/mol. The average molecular weight is 311 g/mol. The van der Waals surface area contributed by atoms with Crippen LogP contribution in [0.3, 0.4) is 0 Å². The van der Waals surface area contributed by atoms with Crippen molar-refractivity contribution in [2.75, 3.05) is 7.11 Å². The molecule has 4 nitrogen and oxygen atoms in total. The summed E-state index contributed by atoms with van der Waals surface area (Å²) in [6.45, 7) is 0. The lowest BCUT2D eigenvalue weighted by atomic mass is 10.1. The summed E-state index contributed by atoms with van der Waals surface area (Å²) in [7, 11) is 1.48. The van der Waals surface area contributed by atoms with E-state index >= 15 is 0 Å². The van der Waals surface area contributed by atoms with Gasteiger partial charge in [-0.05, 0) is 29.8 Å². The van der Waals surface area contributed by atoms with Gasteiger partial charge in [-0.15, -0.1) is 0 Å². The van der Waals surface area contributed by atoms with Crippen LogP contribution in [0.5, 0.6) is 5.75 Å². The highest BCUT2D eigenvalue weighted by Gasteiger charge is 2.23. The lowest BCUT2D eigenvalue weighted by Crippen LogP contribution is -2.06. The molecular formula is C18H14FNO3. The average Bonchev–Trinajstić information content (AvgIpc) is 2.88. The number of carbonyl (C=O) groups is 1. The SMILES string of the molecule is COc1ccc(F)cc1/C=C1/N=C(Cc2ccccc2)OC1=O. The van der Waals surface area contributed by atoms with Gasteiger partial charge >= 0.3 is 5.97 Å². The fourth-order valence-corrected chi connectivity index (χ4v) is 2.26. The number of benzene rings is 2. The molecule has 1 aliphatic heterocycles. The molecule has 0 atom stereocenters. The van der Waals surface area contributed by atoms with Crippen LogP contribution >= 0.6 is 0 Å². The predicted octanol–water partition coefficient (Wildman–Crippen LogP) is 3.37. The van der Waals surface area contributed by atoms with Crippen LogP contribution in [-0.4, -0.2) is 19.0 Å². The van der Waals surface area contributed by atoms with Crippen molar-refractivity contribution in [3.05, 3.63) is 71.2 Å². The van der Waals surface area contributed by atoms with Gasteiger partial charge in [-0.1, -0.05) is 30.3 Å². The second kappa shape index (κ2) is 6.44. The minimum atomic E-state index is -0.553. The van der Waals surface area contributed by atoms with E-state index < -0.39 is 11.8 Å². The number of carbonyl (C=O) groups excluding carboxylic acids is 1. The van der Waals surface area contributed by atoms with Gasteiger partial charge in [0.05, 0.1) is 7.11 Å². The third-order valence-corrected chi connectivity index (χ3v) is 3.35. The Hall–Kier alpha value is -2.95. The normalized spacial score (nSPS) is 15.5. The van der Waals surface area contributed by atoms with Crippen LogP contribution in [0.15, 0.2) is 59.2 Å². The Bertz CT molecular complexity index is 797. The van der Waals surface area contributed by atoms with E-state index in [0.717, 1.165) is 5.56 Å². The van der Waals surface area contributed by atoms with Crippen molar-refractivity contribution in [2.45, 2.75) is 6.42 Å². The summed E-state index contributed by atoms with van der Waals surface area (Å²) < 4.78 is 23.7. The highest BCUT2D eigenvalue weighted by atomic mass is 19.1. The van der Waals surface area contributed by atoms with E-state index in [0.29, 0.717) is 23.6 Å². The summed E-state index contributed by atoms with van der Waals surface area (Å²) in [5.74, 6) is -0.194. The van der Waals surface area contributed by atoms with Crippen molar-refractivity contribution >= 4 is 17.9 Å². The Balaban J connectivity index is 1.88. The standard InChI is InChI=1S/C18H14FNO3/c1-22-16-8-7-14(19)10-13(16)11-15-18(21)23-17(20-15)9-12-5-3-2-4-6-12/h2-8,10-11H,9H2,1H3/b15-11+. The van der Waals surface area contributed by atoms with Gasteiger partial charge in [0.1, 0.15) is 11.6 Å². The van der Waals surface area contributed by atoms with Gasteiger partial charge in [0, 0.05) is 12.0 Å². The maximum absolute atomic E-state index is 13.4. The summed E-state index contributed by atoms with van der Waals surface area (Å²) in [6.07, 6.45) is 1.88. The van der Waals surface area contributed by atoms with Crippen LogP contribution in [-0.2, 0) is 16.0 Å². The first-order valence-electron chi connectivity index (χ1n) is 7.04. The number of halogens is 1. The first kappa shape index (κ1) is 15.0. The zero-order chi connectivity index (χ0) is 16.2. The number of methoxy groups -OCH3 is 1. The van der Waals surface area contributed by atoms with Gasteiger partial charge in [-0.3, -0.25) is 0 Å². The molecule has 1 aliphatic rings. The van der Waals surface area contributed by atoms with Crippen LogP contribution < -0.4 is 4.74 Å². The molecule has 5 heteroatoms. The Morgan fingerprint density at radius 2 is 2.00 bits per heavy atom. The highest BCUT2D eigenvalue weighted by Crippen LogP contribution is 2.24. The van der Waals surface area contributed by atoms with Gasteiger partial charge in [0.2, 0.25) is 5.90 Å². The van der Waals surface area contributed by atoms with Crippen molar-refractivity contribution in [3.63, 3.8) is 0 Å². The van der Waals surface area contributed by atoms with Crippen molar-refractivity contribution in [1.29, 1.82) is 0 Å². The molecule has 116 valence electrons. The molecule has 2 aromatic carbocycles. The molecule has 0 aromatic heterocycles. The van der Waals surface area contributed by atoms with E-state index in [1.165, 1.54) is 31.4 Å². The van der Waals surface area contributed by atoms with E-state index in [-0.39, 0.29) is 5.70 Å². The number of nitrogens with zero attached hydrogens (tertiary/aromatic N) is 1. The summed E-state index contributed by atoms with van der Waals surface area (Å²) >= 11 is 0. The smallest absolute Gasteiger partial charge is 0.363 e. The molecule has 0 radical (unpaired) electrons. The lowest BCUT2D eigenvalue weighted by Gasteiger charge is -2.04. The lowest BCUT2D eigenvalue weighted by molar-refractivity contribution is -0.130. The third kappa shape index (κ3) is 3.45. The maximum atomic E-state index is 13.4. The Kier molecular flexibility index (Phi) is 4.19. The number of hydrogen-bond donors (Lipinski definition) is 0. The molecule has 0 saturated carbocycles. The summed E-state index contributed by atoms with van der Waals surface area (Å²) in [5, 5.41) is 0. The van der Waals surface area contributed by atoms with Crippen molar-refractivity contribution in [3.8, 4) is 5.75 Å². The first-order valence-corrected chi connectivity index (χ1v) is 7.04. The number of hydrogen-bond acceptors (Lipinski definition) is 4. The molecule has 0 N–H and O–H groups in total. The quantitative estimate of drug-likeness (QED) is 0.642. The molecule has 0 saturated heterocycles. The van der Waals surface area contributed by atoms with E-state index in [1.54, 1.807) is 0 Å². The van der Waals surface area contributed by atoms with Crippen molar-refractivity contribution in [2.24, 2.45) is 4.99 Å². The second-order valence-electron chi connectivity index (χ2n) is 4.97. The molecular weight excluding hydrogens is 297 g/mol. The molecule has 0 unspecified atom stereocenters. The molecule has 0 aliphatic carbocycles. The van der Waals surface area contributed by atoms with Gasteiger partial charge in [0.15, 0.2) is 5.70 Å². The first-order chi connectivity index (χ1) is 11.2. The minimum Gasteiger partial charge on any atom is -0.496 e. The Morgan fingerprint density at radius 1 is 1.22 bits per heavy atom.